The molecule has 0 aliphatic heterocycles. The van der Waals surface area contributed by atoms with E-state index < -0.39 is 7.12 Å². The molecule has 2 aromatic rings. The number of para-hydroxylation sites is 2. The fraction of sp³-hybridized carbons (Fsp3) is 0.0769. The van der Waals surface area contributed by atoms with E-state index in [1.807, 2.05) is 19.1 Å². The highest BCUT2D eigenvalue weighted by Gasteiger charge is 2.19. The molecule has 0 atom stereocenters. The maximum atomic E-state index is 9.86. The van der Waals surface area contributed by atoms with Gasteiger partial charge in [0.05, 0.1) is 0 Å². The quantitative estimate of drug-likeness (QED) is 0.782. The molecule has 2 rings (SSSR count). The molecule has 0 saturated carbocycles. The molecule has 0 radical (unpaired) electrons. The molecule has 0 amide bonds. The summed E-state index contributed by atoms with van der Waals surface area (Å²) in [5.74, 6) is 0.277. The number of aryl methyl sites for hydroxylation is 1. The van der Waals surface area contributed by atoms with Gasteiger partial charge in [0.25, 0.3) is 0 Å². The number of phenols is 1. The predicted octanol–water partition coefficient (Wildman–Crippen LogP) is 1.47. The molecular formula is C13H13BO3. The zero-order chi connectivity index (χ0) is 12.3. The van der Waals surface area contributed by atoms with Crippen LogP contribution in [0, 0.1) is 6.92 Å². The van der Waals surface area contributed by atoms with Crippen LogP contribution in [0.2, 0.25) is 0 Å². The summed E-state index contributed by atoms with van der Waals surface area (Å²) in [5, 5.41) is 19.4. The molecule has 0 bridgehead atoms. The highest BCUT2D eigenvalue weighted by molar-refractivity contribution is 6.60. The zero-order valence-corrected chi connectivity index (χ0v) is 9.50. The van der Waals surface area contributed by atoms with Gasteiger partial charge in [-0.1, -0.05) is 42.0 Å². The molecule has 0 fully saturated rings. The van der Waals surface area contributed by atoms with Crippen molar-refractivity contribution in [3.8, 4) is 11.5 Å². The second-order valence-electron chi connectivity index (χ2n) is 3.85. The first-order chi connectivity index (χ1) is 8.16. The lowest BCUT2D eigenvalue weighted by Crippen LogP contribution is -2.36. The van der Waals surface area contributed by atoms with E-state index in [9.17, 15) is 10.1 Å². The van der Waals surface area contributed by atoms with E-state index in [1.54, 1.807) is 30.3 Å². The Labute approximate surface area is 100 Å². The molecule has 3 nitrogen and oxygen atoms in total. The smallest absolute Gasteiger partial charge is 0.530 e. The largest absolute Gasteiger partial charge is 0.560 e. The lowest BCUT2D eigenvalue weighted by Gasteiger charge is -2.11. The van der Waals surface area contributed by atoms with Crippen LogP contribution < -0.4 is 10.1 Å². The molecule has 0 saturated heterocycles. The summed E-state index contributed by atoms with van der Waals surface area (Å²) in [6.45, 7) is 1.97. The summed E-state index contributed by atoms with van der Waals surface area (Å²) in [5.41, 5.74) is 1.77. The van der Waals surface area contributed by atoms with Gasteiger partial charge in [0.1, 0.15) is 5.75 Å². The highest BCUT2D eigenvalue weighted by Crippen LogP contribution is 2.24. The first-order valence-electron chi connectivity index (χ1n) is 5.36. The van der Waals surface area contributed by atoms with Gasteiger partial charge in [-0.05, 0) is 24.5 Å². The van der Waals surface area contributed by atoms with E-state index in [2.05, 4.69) is 0 Å². The van der Waals surface area contributed by atoms with Crippen LogP contribution in [0.15, 0.2) is 48.5 Å². The summed E-state index contributed by atoms with van der Waals surface area (Å²) < 4.78 is 5.28. The zero-order valence-electron chi connectivity index (χ0n) is 9.50. The standard InChI is InChI=1S/C13H13BO3/c1-10-6-8-11(9-7-10)14(16)17-13-5-3-2-4-12(13)15/h2-9,15-16H,1H3. The number of aromatic hydroxyl groups is 1. The first kappa shape index (κ1) is 11.5. The minimum atomic E-state index is -1.08. The Morgan fingerprint density at radius 2 is 1.65 bits per heavy atom. The molecule has 0 spiro atoms. The van der Waals surface area contributed by atoms with E-state index in [0.29, 0.717) is 5.46 Å². The fourth-order valence-corrected chi connectivity index (χ4v) is 1.48. The van der Waals surface area contributed by atoms with Crippen molar-refractivity contribution < 1.29 is 14.8 Å². The van der Waals surface area contributed by atoms with Crippen molar-refractivity contribution in [2.75, 3.05) is 0 Å². The second kappa shape index (κ2) is 4.93. The summed E-state index contributed by atoms with van der Waals surface area (Å²) in [6.07, 6.45) is 0. The van der Waals surface area contributed by atoms with Crippen LogP contribution in [0.1, 0.15) is 5.56 Å². The Hall–Kier alpha value is -1.94. The maximum absolute atomic E-state index is 9.86. The normalized spacial score (nSPS) is 10.0. The van der Waals surface area contributed by atoms with E-state index in [4.69, 9.17) is 4.65 Å². The first-order valence-corrected chi connectivity index (χ1v) is 5.36. The van der Waals surface area contributed by atoms with Crippen LogP contribution in [-0.2, 0) is 0 Å². The molecular weight excluding hydrogens is 215 g/mol. The predicted molar refractivity (Wildman–Crippen MR) is 67.5 cm³/mol. The van der Waals surface area contributed by atoms with Crippen LogP contribution in [0.4, 0.5) is 0 Å². The van der Waals surface area contributed by atoms with E-state index >= 15 is 0 Å². The third-order valence-corrected chi connectivity index (χ3v) is 2.47. The van der Waals surface area contributed by atoms with Crippen molar-refractivity contribution in [1.29, 1.82) is 0 Å². The van der Waals surface area contributed by atoms with E-state index in [1.165, 1.54) is 6.07 Å². The van der Waals surface area contributed by atoms with Crippen LogP contribution in [0.25, 0.3) is 0 Å². The second-order valence-corrected chi connectivity index (χ2v) is 3.85. The Morgan fingerprint density at radius 3 is 2.29 bits per heavy atom. The summed E-state index contributed by atoms with van der Waals surface area (Å²) in [4.78, 5) is 0. The highest BCUT2D eigenvalue weighted by atomic mass is 16.5. The Morgan fingerprint density at radius 1 is 1.00 bits per heavy atom. The summed E-state index contributed by atoms with van der Waals surface area (Å²) in [6, 6.07) is 13.9. The van der Waals surface area contributed by atoms with Crippen LogP contribution in [-0.4, -0.2) is 17.2 Å². The molecule has 0 heterocycles. The van der Waals surface area contributed by atoms with Gasteiger partial charge < -0.3 is 14.8 Å². The maximum Gasteiger partial charge on any atom is 0.560 e. The summed E-state index contributed by atoms with van der Waals surface area (Å²) in [7, 11) is -1.08. The number of hydrogen-bond donors (Lipinski definition) is 2. The van der Waals surface area contributed by atoms with Crippen molar-refractivity contribution in [2.24, 2.45) is 0 Å². The lowest BCUT2D eigenvalue weighted by molar-refractivity contribution is 0.398. The van der Waals surface area contributed by atoms with Crippen molar-refractivity contribution in [2.45, 2.75) is 6.92 Å². The average molecular weight is 228 g/mol. The summed E-state index contributed by atoms with van der Waals surface area (Å²) >= 11 is 0. The molecule has 17 heavy (non-hydrogen) atoms. The number of rotatable bonds is 3. The Balaban J connectivity index is 2.14. The van der Waals surface area contributed by atoms with Crippen LogP contribution >= 0.6 is 0 Å². The van der Waals surface area contributed by atoms with Gasteiger partial charge in [0.2, 0.25) is 0 Å². The molecule has 2 N–H and O–H groups in total. The molecule has 0 aliphatic rings. The van der Waals surface area contributed by atoms with Gasteiger partial charge >= 0.3 is 7.12 Å². The molecule has 2 aromatic carbocycles. The van der Waals surface area contributed by atoms with Crippen molar-refractivity contribution in [3.63, 3.8) is 0 Å². The SMILES string of the molecule is Cc1ccc(B(O)Oc2ccccc2O)cc1. The lowest BCUT2D eigenvalue weighted by atomic mass is 9.79. The van der Waals surface area contributed by atoms with Gasteiger partial charge in [-0.15, -0.1) is 0 Å². The third-order valence-electron chi connectivity index (χ3n) is 2.47. The molecule has 4 heteroatoms. The monoisotopic (exact) mass is 228 g/mol. The molecule has 0 aromatic heterocycles. The van der Waals surface area contributed by atoms with Gasteiger partial charge in [-0.2, -0.15) is 0 Å². The minimum absolute atomic E-state index is 0.0126. The fourth-order valence-electron chi connectivity index (χ4n) is 1.48. The average Bonchev–Trinajstić information content (AvgIpc) is 2.33. The molecule has 0 aliphatic carbocycles. The third kappa shape index (κ3) is 2.79. The minimum Gasteiger partial charge on any atom is -0.530 e. The molecule has 0 unspecified atom stereocenters. The number of phenolic OH excluding ortho intramolecular Hbond substituents is 1. The van der Waals surface area contributed by atoms with Gasteiger partial charge in [0.15, 0.2) is 5.75 Å². The van der Waals surface area contributed by atoms with Gasteiger partial charge in [-0.3, -0.25) is 0 Å². The van der Waals surface area contributed by atoms with Crippen molar-refractivity contribution in [3.05, 3.63) is 54.1 Å². The van der Waals surface area contributed by atoms with E-state index in [-0.39, 0.29) is 11.5 Å². The van der Waals surface area contributed by atoms with E-state index in [0.717, 1.165) is 5.56 Å². The topological polar surface area (TPSA) is 49.7 Å². The Bertz CT molecular complexity index is 496. The van der Waals surface area contributed by atoms with Crippen LogP contribution in [0.5, 0.6) is 11.5 Å². The number of benzene rings is 2. The molecule has 86 valence electrons. The van der Waals surface area contributed by atoms with Crippen molar-refractivity contribution in [1.82, 2.24) is 0 Å². The number of hydrogen-bond acceptors (Lipinski definition) is 3. The Kier molecular flexibility index (Phi) is 3.35. The van der Waals surface area contributed by atoms with Gasteiger partial charge in [0, 0.05) is 0 Å². The van der Waals surface area contributed by atoms with Gasteiger partial charge in [-0.25, -0.2) is 0 Å². The van der Waals surface area contributed by atoms with Crippen molar-refractivity contribution >= 4 is 12.6 Å². The van der Waals surface area contributed by atoms with Crippen LogP contribution in [0.3, 0.4) is 0 Å².